The summed E-state index contributed by atoms with van der Waals surface area (Å²) in [6.07, 6.45) is 24.5. The number of unbranched alkanes of at least 4 members (excludes halogenated alkanes) is 8. The second-order valence-corrected chi connectivity index (χ2v) is 9.10. The van der Waals surface area contributed by atoms with Crippen LogP contribution in [0.3, 0.4) is 0 Å². The third kappa shape index (κ3) is 10.9. The first-order valence-corrected chi connectivity index (χ1v) is 13.0. The Morgan fingerprint density at radius 3 is 2.25 bits per heavy atom. The van der Waals surface area contributed by atoms with Crippen LogP contribution in [0, 0.1) is 5.92 Å². The minimum Gasteiger partial charge on any atom is -0.465 e. The van der Waals surface area contributed by atoms with Crippen LogP contribution in [0.15, 0.2) is 49.0 Å². The minimum absolute atomic E-state index is 0.774. The van der Waals surface area contributed by atoms with Gasteiger partial charge in [-0.25, -0.2) is 9.97 Å². The minimum atomic E-state index is 0.774. The molecular formula is C29H44N2O. The maximum absolute atomic E-state index is 5.73. The molecule has 0 bridgehead atoms. The fraction of sp³-hybridized carbons (Fsp3) is 0.586. The summed E-state index contributed by atoms with van der Waals surface area (Å²) in [7, 11) is 0. The first kappa shape index (κ1) is 26.1. The summed E-state index contributed by atoms with van der Waals surface area (Å²) >= 11 is 0. The Balaban J connectivity index is 1.67. The summed E-state index contributed by atoms with van der Waals surface area (Å²) in [6.45, 7) is 6.88. The van der Waals surface area contributed by atoms with Gasteiger partial charge < -0.3 is 4.74 Å². The number of allylic oxidation sites excluding steroid dienone is 1. The molecule has 0 saturated carbocycles. The zero-order chi connectivity index (χ0) is 22.9. The quantitative estimate of drug-likeness (QED) is 0.183. The summed E-state index contributed by atoms with van der Waals surface area (Å²) in [6, 6.07) is 8.03. The van der Waals surface area contributed by atoms with E-state index in [9.17, 15) is 0 Å². The lowest BCUT2D eigenvalue weighted by atomic mass is 10.00. The van der Waals surface area contributed by atoms with Crippen molar-refractivity contribution >= 4 is 0 Å². The fourth-order valence-electron chi connectivity index (χ4n) is 3.76. The van der Waals surface area contributed by atoms with Crippen molar-refractivity contribution < 1.29 is 4.74 Å². The van der Waals surface area contributed by atoms with Gasteiger partial charge in [0, 0.05) is 18.0 Å². The van der Waals surface area contributed by atoms with Crippen LogP contribution in [-0.4, -0.2) is 9.97 Å². The number of ether oxygens (including phenoxy) is 1. The predicted octanol–water partition coefficient (Wildman–Crippen LogP) is 8.94. The first-order chi connectivity index (χ1) is 15.7. The predicted molar refractivity (Wildman–Crippen MR) is 137 cm³/mol. The van der Waals surface area contributed by atoms with Crippen LogP contribution < -0.4 is 4.74 Å². The summed E-state index contributed by atoms with van der Waals surface area (Å²) in [5.41, 5.74) is 2.25. The molecule has 0 unspecified atom stereocenters. The molecule has 32 heavy (non-hydrogen) atoms. The second kappa shape index (κ2) is 16.5. The van der Waals surface area contributed by atoms with Crippen LogP contribution >= 0.6 is 0 Å². The van der Waals surface area contributed by atoms with Crippen molar-refractivity contribution in [1.29, 1.82) is 0 Å². The zero-order valence-corrected chi connectivity index (χ0v) is 20.7. The molecule has 0 saturated heterocycles. The summed E-state index contributed by atoms with van der Waals surface area (Å²) < 4.78 is 5.73. The highest BCUT2D eigenvalue weighted by molar-refractivity contribution is 5.55. The number of benzene rings is 1. The van der Waals surface area contributed by atoms with E-state index in [4.69, 9.17) is 4.74 Å². The smallest absolute Gasteiger partial charge is 0.159 e. The molecule has 3 nitrogen and oxygen atoms in total. The van der Waals surface area contributed by atoms with Crippen LogP contribution in [0.25, 0.3) is 11.4 Å². The Morgan fingerprint density at radius 1 is 0.844 bits per heavy atom. The standard InChI is InChI=1S/C29H44N2O/c1-4-6-7-8-9-10-11-15-22-32-28-20-18-27(19-21-28)29-30-23-26(24-31-29)17-14-12-13-16-25(3)5-2/h15,18-25H,4-14,16-17H2,1-3H3/b22-15+/t25-/m0/s1. The maximum atomic E-state index is 5.73. The van der Waals surface area contributed by atoms with E-state index in [-0.39, 0.29) is 0 Å². The van der Waals surface area contributed by atoms with Crippen molar-refractivity contribution in [2.24, 2.45) is 5.92 Å². The maximum Gasteiger partial charge on any atom is 0.159 e. The molecule has 1 aromatic heterocycles. The van der Waals surface area contributed by atoms with Gasteiger partial charge in [-0.2, -0.15) is 0 Å². The fourth-order valence-corrected chi connectivity index (χ4v) is 3.76. The SMILES string of the molecule is CCCCCCCC/C=C/Oc1ccc(-c2ncc(CCCCC[C@@H](C)CC)cn2)cc1. The number of hydrogen-bond donors (Lipinski definition) is 0. The van der Waals surface area contributed by atoms with E-state index in [1.165, 1.54) is 76.2 Å². The Labute approximate surface area is 196 Å². The lowest BCUT2D eigenvalue weighted by molar-refractivity contribution is 0.477. The van der Waals surface area contributed by atoms with E-state index in [2.05, 4.69) is 36.8 Å². The van der Waals surface area contributed by atoms with Crippen molar-refractivity contribution in [3.05, 3.63) is 54.6 Å². The van der Waals surface area contributed by atoms with E-state index in [1.54, 1.807) is 0 Å². The van der Waals surface area contributed by atoms with Crippen molar-refractivity contribution in [2.75, 3.05) is 0 Å². The average Bonchev–Trinajstić information content (AvgIpc) is 2.83. The van der Waals surface area contributed by atoms with Gasteiger partial charge in [0.25, 0.3) is 0 Å². The van der Waals surface area contributed by atoms with Gasteiger partial charge >= 0.3 is 0 Å². The first-order valence-electron chi connectivity index (χ1n) is 13.0. The zero-order valence-electron chi connectivity index (χ0n) is 20.7. The molecule has 0 aliphatic carbocycles. The van der Waals surface area contributed by atoms with Crippen LogP contribution in [0.4, 0.5) is 0 Å². The molecule has 176 valence electrons. The van der Waals surface area contributed by atoms with Gasteiger partial charge in [-0.3, -0.25) is 0 Å². The van der Waals surface area contributed by atoms with Crippen molar-refractivity contribution in [1.82, 2.24) is 9.97 Å². The van der Waals surface area contributed by atoms with E-state index in [0.717, 1.165) is 35.9 Å². The Hall–Kier alpha value is -2.16. The van der Waals surface area contributed by atoms with Gasteiger partial charge in [0.15, 0.2) is 5.82 Å². The molecule has 0 fully saturated rings. The van der Waals surface area contributed by atoms with Crippen molar-refractivity contribution in [3.63, 3.8) is 0 Å². The molecule has 0 amide bonds. The molecule has 1 heterocycles. The molecule has 2 rings (SSSR count). The molecule has 3 heteroatoms. The van der Waals surface area contributed by atoms with E-state index in [1.807, 2.05) is 42.9 Å². The van der Waals surface area contributed by atoms with E-state index in [0.29, 0.717) is 0 Å². The number of hydrogen-bond acceptors (Lipinski definition) is 3. The largest absolute Gasteiger partial charge is 0.465 e. The summed E-state index contributed by atoms with van der Waals surface area (Å²) in [4.78, 5) is 9.15. The van der Waals surface area contributed by atoms with Crippen molar-refractivity contribution in [3.8, 4) is 17.1 Å². The van der Waals surface area contributed by atoms with Crippen molar-refractivity contribution in [2.45, 2.75) is 104 Å². The molecule has 1 aromatic carbocycles. The molecule has 0 aliphatic heterocycles. The monoisotopic (exact) mass is 436 g/mol. The highest BCUT2D eigenvalue weighted by Gasteiger charge is 2.03. The normalized spacial score (nSPS) is 12.3. The number of nitrogens with zero attached hydrogens (tertiary/aromatic N) is 2. The molecule has 0 radical (unpaired) electrons. The van der Waals surface area contributed by atoms with Crippen LogP contribution in [0.2, 0.25) is 0 Å². The topological polar surface area (TPSA) is 35.0 Å². The number of rotatable bonds is 17. The Bertz CT molecular complexity index is 737. The van der Waals surface area contributed by atoms with Gasteiger partial charge in [0.1, 0.15) is 5.75 Å². The molecule has 0 aliphatic rings. The van der Waals surface area contributed by atoms with Crippen LogP contribution in [-0.2, 0) is 6.42 Å². The summed E-state index contributed by atoms with van der Waals surface area (Å²) in [5.74, 6) is 2.48. The Kier molecular flexibility index (Phi) is 13.4. The summed E-state index contributed by atoms with van der Waals surface area (Å²) in [5, 5.41) is 0. The third-order valence-corrected chi connectivity index (χ3v) is 6.20. The highest BCUT2D eigenvalue weighted by atomic mass is 16.5. The average molecular weight is 437 g/mol. The second-order valence-electron chi connectivity index (χ2n) is 9.10. The van der Waals surface area contributed by atoms with Gasteiger partial charge in [0.05, 0.1) is 6.26 Å². The molecular weight excluding hydrogens is 392 g/mol. The molecule has 0 N–H and O–H groups in total. The van der Waals surface area contributed by atoms with E-state index < -0.39 is 0 Å². The molecule has 2 aromatic rings. The number of aromatic nitrogens is 2. The highest BCUT2D eigenvalue weighted by Crippen LogP contribution is 2.20. The molecule has 1 atom stereocenters. The van der Waals surface area contributed by atoms with E-state index >= 15 is 0 Å². The van der Waals surface area contributed by atoms with Gasteiger partial charge in [0.2, 0.25) is 0 Å². The Morgan fingerprint density at radius 2 is 1.53 bits per heavy atom. The number of aryl methyl sites for hydroxylation is 1. The van der Waals surface area contributed by atoms with Gasteiger partial charge in [-0.15, -0.1) is 0 Å². The molecule has 0 spiro atoms. The lowest BCUT2D eigenvalue weighted by Gasteiger charge is -2.07. The van der Waals surface area contributed by atoms with Gasteiger partial charge in [-0.05, 0) is 67.5 Å². The van der Waals surface area contributed by atoms with Crippen LogP contribution in [0.5, 0.6) is 5.75 Å². The van der Waals surface area contributed by atoms with Crippen LogP contribution in [0.1, 0.15) is 103 Å². The van der Waals surface area contributed by atoms with Gasteiger partial charge in [-0.1, -0.05) is 78.6 Å². The third-order valence-electron chi connectivity index (χ3n) is 6.20. The lowest BCUT2D eigenvalue weighted by Crippen LogP contribution is -1.95.